The zero-order valence-electron chi connectivity index (χ0n) is 13.6. The molecule has 2 atom stereocenters. The average molecular weight is 308 g/mol. The van der Waals surface area contributed by atoms with Crippen LogP contribution in [-0.2, 0) is 16.6 Å². The van der Waals surface area contributed by atoms with Gasteiger partial charge in [-0.1, -0.05) is 13.8 Å². The van der Waals surface area contributed by atoms with E-state index in [1.807, 2.05) is 6.92 Å². The van der Waals surface area contributed by atoms with Crippen LogP contribution in [0.4, 0.5) is 10.5 Å². The minimum Gasteiger partial charge on any atom is -0.447 e. The lowest BCUT2D eigenvalue weighted by atomic mass is 10.1. The summed E-state index contributed by atoms with van der Waals surface area (Å²) in [5.74, 6) is 0.332. The highest BCUT2D eigenvalue weighted by Gasteiger charge is 2.34. The van der Waals surface area contributed by atoms with Crippen molar-refractivity contribution in [1.29, 1.82) is 0 Å². The molecule has 2 amide bonds. The van der Waals surface area contributed by atoms with Gasteiger partial charge in [-0.2, -0.15) is 5.10 Å². The van der Waals surface area contributed by atoms with Gasteiger partial charge in [0, 0.05) is 19.8 Å². The van der Waals surface area contributed by atoms with E-state index in [9.17, 15) is 9.59 Å². The lowest BCUT2D eigenvalue weighted by molar-refractivity contribution is -0.118. The highest BCUT2D eigenvalue weighted by molar-refractivity contribution is 6.00. The molecule has 2 heterocycles. The van der Waals surface area contributed by atoms with Crippen molar-refractivity contribution in [2.24, 2.45) is 13.0 Å². The number of anilines is 1. The topological polar surface area (TPSA) is 76.5 Å². The number of hydrogen-bond acceptors (Lipinski definition) is 4. The second-order valence-electron chi connectivity index (χ2n) is 6.19. The molecule has 1 fully saturated rings. The molecule has 0 aliphatic carbocycles. The molecule has 0 bridgehead atoms. The molecule has 0 spiro atoms. The average Bonchev–Trinajstić information content (AvgIpc) is 2.96. The van der Waals surface area contributed by atoms with Gasteiger partial charge in [-0.05, 0) is 25.7 Å². The number of alkyl carbamates (subject to hydrolysis) is 1. The second kappa shape index (κ2) is 6.81. The Labute approximate surface area is 130 Å². The van der Waals surface area contributed by atoms with Crippen LogP contribution in [-0.4, -0.2) is 40.5 Å². The molecule has 22 heavy (non-hydrogen) atoms. The van der Waals surface area contributed by atoms with Crippen molar-refractivity contribution in [3.8, 4) is 0 Å². The number of nitrogens with zero attached hydrogens (tertiary/aromatic N) is 3. The molecule has 0 aromatic carbocycles. The van der Waals surface area contributed by atoms with Crippen molar-refractivity contribution in [1.82, 2.24) is 15.1 Å². The van der Waals surface area contributed by atoms with Crippen LogP contribution in [0.25, 0.3) is 0 Å². The Hall–Kier alpha value is -2.05. The molecule has 0 saturated carbocycles. The van der Waals surface area contributed by atoms with Crippen LogP contribution in [0.2, 0.25) is 0 Å². The van der Waals surface area contributed by atoms with Crippen LogP contribution >= 0.6 is 0 Å². The number of ether oxygens (including phenoxy) is 1. The molecule has 7 heteroatoms. The van der Waals surface area contributed by atoms with Crippen LogP contribution in [0.3, 0.4) is 0 Å². The SMILES string of the molecule is CC(C)CC(C)OC(=O)NC1CCN(c2cnn(C)c2)C1=O. The summed E-state index contributed by atoms with van der Waals surface area (Å²) in [6, 6.07) is -0.529. The quantitative estimate of drug-likeness (QED) is 0.898. The summed E-state index contributed by atoms with van der Waals surface area (Å²) in [7, 11) is 1.80. The Morgan fingerprint density at radius 2 is 2.23 bits per heavy atom. The molecule has 0 radical (unpaired) electrons. The van der Waals surface area contributed by atoms with E-state index in [0.717, 1.165) is 12.1 Å². The standard InChI is InChI=1S/C15H24N4O3/c1-10(2)7-11(3)22-15(21)17-13-5-6-19(14(13)20)12-8-16-18(4)9-12/h8-11,13H,5-7H2,1-4H3,(H,17,21). The Morgan fingerprint density at radius 1 is 1.50 bits per heavy atom. The normalized spacial score (nSPS) is 19.6. The molecular formula is C15H24N4O3. The van der Waals surface area contributed by atoms with E-state index in [1.165, 1.54) is 0 Å². The first-order valence-electron chi connectivity index (χ1n) is 7.64. The van der Waals surface area contributed by atoms with Crippen LogP contribution in [0.15, 0.2) is 12.4 Å². The summed E-state index contributed by atoms with van der Waals surface area (Å²) in [6.07, 6.45) is 4.10. The monoisotopic (exact) mass is 308 g/mol. The molecule has 1 N–H and O–H groups in total. The number of aryl methyl sites for hydroxylation is 1. The maximum atomic E-state index is 12.3. The molecule has 1 aromatic heterocycles. The van der Waals surface area contributed by atoms with Gasteiger partial charge in [0.2, 0.25) is 5.91 Å². The van der Waals surface area contributed by atoms with Crippen molar-refractivity contribution in [3.05, 3.63) is 12.4 Å². The number of carbonyl (C=O) groups excluding carboxylic acids is 2. The highest BCUT2D eigenvalue weighted by atomic mass is 16.6. The van der Waals surface area contributed by atoms with Crippen LogP contribution < -0.4 is 10.2 Å². The van der Waals surface area contributed by atoms with Gasteiger partial charge < -0.3 is 15.0 Å². The van der Waals surface area contributed by atoms with Crippen molar-refractivity contribution < 1.29 is 14.3 Å². The number of hydrogen-bond donors (Lipinski definition) is 1. The van der Waals surface area contributed by atoms with Crippen molar-refractivity contribution >= 4 is 17.7 Å². The van der Waals surface area contributed by atoms with Crippen LogP contribution in [0, 0.1) is 5.92 Å². The Kier molecular flexibility index (Phi) is 5.05. The van der Waals surface area contributed by atoms with Gasteiger partial charge in [0.05, 0.1) is 11.9 Å². The third-order valence-electron chi connectivity index (χ3n) is 3.61. The largest absolute Gasteiger partial charge is 0.447 e. The number of nitrogens with one attached hydrogen (secondary N) is 1. The molecule has 2 unspecified atom stereocenters. The van der Waals surface area contributed by atoms with Gasteiger partial charge in [-0.15, -0.1) is 0 Å². The van der Waals surface area contributed by atoms with Crippen molar-refractivity contribution in [3.63, 3.8) is 0 Å². The van der Waals surface area contributed by atoms with E-state index in [1.54, 1.807) is 29.0 Å². The molecule has 1 saturated heterocycles. The fourth-order valence-electron chi connectivity index (χ4n) is 2.69. The number of aromatic nitrogens is 2. The van der Waals surface area contributed by atoms with E-state index in [0.29, 0.717) is 18.9 Å². The first-order chi connectivity index (χ1) is 10.4. The molecule has 1 aliphatic heterocycles. The molecule has 7 nitrogen and oxygen atoms in total. The predicted octanol–water partition coefficient (Wildman–Crippen LogP) is 1.69. The Bertz CT molecular complexity index is 541. The lowest BCUT2D eigenvalue weighted by Gasteiger charge is -2.18. The Morgan fingerprint density at radius 3 is 2.82 bits per heavy atom. The summed E-state index contributed by atoms with van der Waals surface area (Å²) >= 11 is 0. The summed E-state index contributed by atoms with van der Waals surface area (Å²) in [5, 5.41) is 6.72. The first-order valence-corrected chi connectivity index (χ1v) is 7.64. The van der Waals surface area contributed by atoms with Crippen LogP contribution in [0.5, 0.6) is 0 Å². The third-order valence-corrected chi connectivity index (χ3v) is 3.61. The maximum Gasteiger partial charge on any atom is 0.408 e. The van der Waals surface area contributed by atoms with Crippen molar-refractivity contribution in [2.75, 3.05) is 11.4 Å². The van der Waals surface area contributed by atoms with E-state index < -0.39 is 12.1 Å². The maximum absolute atomic E-state index is 12.3. The number of rotatable bonds is 5. The van der Waals surface area contributed by atoms with Gasteiger partial charge in [-0.25, -0.2) is 4.79 Å². The van der Waals surface area contributed by atoms with Crippen molar-refractivity contribution in [2.45, 2.75) is 45.8 Å². The lowest BCUT2D eigenvalue weighted by Crippen LogP contribution is -2.42. The second-order valence-corrected chi connectivity index (χ2v) is 6.19. The summed E-state index contributed by atoms with van der Waals surface area (Å²) in [4.78, 5) is 25.8. The van der Waals surface area contributed by atoms with Gasteiger partial charge in [-0.3, -0.25) is 9.48 Å². The fourth-order valence-corrected chi connectivity index (χ4v) is 2.69. The van der Waals surface area contributed by atoms with Gasteiger partial charge in [0.1, 0.15) is 12.1 Å². The number of carbonyl (C=O) groups is 2. The first kappa shape index (κ1) is 16.3. The molecular weight excluding hydrogens is 284 g/mol. The predicted molar refractivity (Wildman–Crippen MR) is 82.5 cm³/mol. The van der Waals surface area contributed by atoms with E-state index in [2.05, 4.69) is 24.3 Å². The van der Waals surface area contributed by atoms with Gasteiger partial charge in [0.15, 0.2) is 0 Å². The molecule has 1 aromatic rings. The molecule has 1 aliphatic rings. The van der Waals surface area contributed by atoms with E-state index >= 15 is 0 Å². The molecule has 2 rings (SSSR count). The minimum absolute atomic E-state index is 0.124. The van der Waals surface area contributed by atoms with Gasteiger partial charge >= 0.3 is 6.09 Å². The van der Waals surface area contributed by atoms with E-state index in [4.69, 9.17) is 4.74 Å². The fraction of sp³-hybridized carbons (Fsp3) is 0.667. The number of amides is 2. The summed E-state index contributed by atoms with van der Waals surface area (Å²) < 4.78 is 6.92. The summed E-state index contributed by atoms with van der Waals surface area (Å²) in [5.41, 5.74) is 0.748. The van der Waals surface area contributed by atoms with E-state index in [-0.39, 0.29) is 12.0 Å². The van der Waals surface area contributed by atoms with Gasteiger partial charge in [0.25, 0.3) is 0 Å². The highest BCUT2D eigenvalue weighted by Crippen LogP contribution is 2.20. The molecule has 122 valence electrons. The zero-order valence-corrected chi connectivity index (χ0v) is 13.6. The zero-order chi connectivity index (χ0) is 16.3. The smallest absolute Gasteiger partial charge is 0.408 e. The summed E-state index contributed by atoms with van der Waals surface area (Å²) in [6.45, 7) is 6.57. The minimum atomic E-state index is -0.529. The van der Waals surface area contributed by atoms with Crippen LogP contribution in [0.1, 0.15) is 33.6 Å². The Balaban J connectivity index is 1.86. The third kappa shape index (κ3) is 3.99.